The minimum Gasteiger partial charge on any atom is -0.481 e. The second-order valence-electron chi connectivity index (χ2n) is 5.39. The van der Waals surface area contributed by atoms with Crippen LogP contribution in [0.3, 0.4) is 0 Å². The van der Waals surface area contributed by atoms with E-state index in [4.69, 9.17) is 10.1 Å². The summed E-state index contributed by atoms with van der Waals surface area (Å²) in [6.45, 7) is 4.98. The highest BCUT2D eigenvalue weighted by molar-refractivity contribution is 5.83. The molecule has 3 aromatic rings. The molecule has 0 amide bonds. The predicted octanol–water partition coefficient (Wildman–Crippen LogP) is 3.66. The highest BCUT2D eigenvalue weighted by Gasteiger charge is 2.13. The van der Waals surface area contributed by atoms with Crippen molar-refractivity contribution in [2.75, 3.05) is 0 Å². The summed E-state index contributed by atoms with van der Waals surface area (Å²) in [5.41, 5.74) is 4.95. The van der Waals surface area contributed by atoms with Crippen LogP contribution in [-0.2, 0) is 17.8 Å². The molecule has 0 aliphatic rings. The van der Waals surface area contributed by atoms with Crippen LogP contribution in [0.5, 0.6) is 0 Å². The Balaban J connectivity index is 2.19. The lowest BCUT2D eigenvalue weighted by Gasteiger charge is -2.08. The number of carboxylic acid groups (broad SMARTS) is 1. The molecule has 0 bridgehead atoms. The van der Waals surface area contributed by atoms with E-state index in [2.05, 4.69) is 30.5 Å². The number of rotatable bonds is 4. The van der Waals surface area contributed by atoms with Crippen LogP contribution in [0.2, 0.25) is 0 Å². The van der Waals surface area contributed by atoms with E-state index in [1.165, 1.54) is 5.56 Å². The number of hydrogen-bond acceptors (Lipinski definition) is 2. The Morgan fingerprint density at radius 1 is 1.23 bits per heavy atom. The van der Waals surface area contributed by atoms with E-state index >= 15 is 0 Å². The maximum Gasteiger partial charge on any atom is 0.307 e. The second kappa shape index (κ2) is 5.64. The summed E-state index contributed by atoms with van der Waals surface area (Å²) in [6.07, 6.45) is 0.0224. The Labute approximate surface area is 129 Å². The third kappa shape index (κ3) is 2.48. The van der Waals surface area contributed by atoms with Crippen LogP contribution in [0.4, 0.5) is 0 Å². The van der Waals surface area contributed by atoms with E-state index in [-0.39, 0.29) is 6.42 Å². The molecule has 0 saturated carbocycles. The fourth-order valence-corrected chi connectivity index (χ4v) is 2.81. The Bertz CT molecular complexity index is 849. The quantitative estimate of drug-likeness (QED) is 0.799. The van der Waals surface area contributed by atoms with Gasteiger partial charge in [0.1, 0.15) is 5.82 Å². The zero-order valence-electron chi connectivity index (χ0n) is 12.7. The lowest BCUT2D eigenvalue weighted by molar-refractivity contribution is -0.136. The topological polar surface area (TPSA) is 55.1 Å². The molecule has 0 aliphatic heterocycles. The molecule has 0 unspecified atom stereocenters. The van der Waals surface area contributed by atoms with E-state index < -0.39 is 5.97 Å². The molecule has 22 heavy (non-hydrogen) atoms. The van der Waals surface area contributed by atoms with Crippen molar-refractivity contribution in [2.24, 2.45) is 0 Å². The van der Waals surface area contributed by atoms with Crippen LogP contribution in [0.15, 0.2) is 42.5 Å². The van der Waals surface area contributed by atoms with Gasteiger partial charge >= 0.3 is 5.97 Å². The highest BCUT2D eigenvalue weighted by atomic mass is 16.4. The molecule has 4 heteroatoms. The average Bonchev–Trinajstić information content (AvgIpc) is 2.84. The van der Waals surface area contributed by atoms with Crippen molar-refractivity contribution in [3.63, 3.8) is 0 Å². The van der Waals surface area contributed by atoms with Crippen molar-refractivity contribution in [2.45, 2.75) is 26.8 Å². The van der Waals surface area contributed by atoms with E-state index in [1.807, 2.05) is 30.3 Å². The number of carbonyl (C=O) groups is 1. The van der Waals surface area contributed by atoms with E-state index in [1.54, 1.807) is 0 Å². The number of aryl methyl sites for hydroxylation is 2. The standard InChI is InChI=1S/C18H18N2O2/c1-3-20-16-9-8-13(11-17(21)22)10-15(16)19-18(20)14-7-5-4-6-12(14)2/h4-10H,3,11H2,1-2H3,(H,21,22). The predicted molar refractivity (Wildman–Crippen MR) is 86.9 cm³/mol. The van der Waals surface area contributed by atoms with Gasteiger partial charge in [0.2, 0.25) is 0 Å². The van der Waals surface area contributed by atoms with Crippen molar-refractivity contribution in [1.29, 1.82) is 0 Å². The minimum atomic E-state index is -0.826. The highest BCUT2D eigenvalue weighted by Crippen LogP contribution is 2.27. The molecule has 0 fully saturated rings. The lowest BCUT2D eigenvalue weighted by atomic mass is 10.1. The number of fused-ring (bicyclic) bond motifs is 1. The number of aromatic nitrogens is 2. The summed E-state index contributed by atoms with van der Waals surface area (Å²) >= 11 is 0. The molecule has 1 N–H and O–H groups in total. The maximum atomic E-state index is 10.9. The molecule has 3 rings (SSSR count). The van der Waals surface area contributed by atoms with Crippen LogP contribution in [0, 0.1) is 6.92 Å². The first-order chi connectivity index (χ1) is 10.6. The molecular weight excluding hydrogens is 276 g/mol. The Hall–Kier alpha value is -2.62. The van der Waals surface area contributed by atoms with Crippen molar-refractivity contribution >= 4 is 17.0 Å². The Morgan fingerprint density at radius 3 is 2.68 bits per heavy atom. The fourth-order valence-electron chi connectivity index (χ4n) is 2.81. The first kappa shape index (κ1) is 14.3. The Morgan fingerprint density at radius 2 is 2.00 bits per heavy atom. The molecule has 2 aromatic carbocycles. The molecule has 112 valence electrons. The van der Waals surface area contributed by atoms with Gasteiger partial charge < -0.3 is 9.67 Å². The third-order valence-electron chi connectivity index (χ3n) is 3.87. The van der Waals surface area contributed by atoms with Crippen LogP contribution in [0.25, 0.3) is 22.4 Å². The second-order valence-corrected chi connectivity index (χ2v) is 5.39. The molecule has 0 atom stereocenters. The molecule has 4 nitrogen and oxygen atoms in total. The summed E-state index contributed by atoms with van der Waals surface area (Å²) in [6, 6.07) is 13.9. The normalized spacial score (nSPS) is 11.0. The van der Waals surface area contributed by atoms with Crippen LogP contribution >= 0.6 is 0 Å². The van der Waals surface area contributed by atoms with Gasteiger partial charge in [-0.05, 0) is 37.1 Å². The first-order valence-corrected chi connectivity index (χ1v) is 7.37. The van der Waals surface area contributed by atoms with Gasteiger partial charge in [0, 0.05) is 12.1 Å². The molecule has 0 aliphatic carbocycles. The van der Waals surface area contributed by atoms with E-state index in [0.717, 1.165) is 34.5 Å². The van der Waals surface area contributed by atoms with Crippen molar-refractivity contribution < 1.29 is 9.90 Å². The van der Waals surface area contributed by atoms with E-state index in [9.17, 15) is 4.79 Å². The number of nitrogens with zero attached hydrogens (tertiary/aromatic N) is 2. The van der Waals surface area contributed by atoms with Gasteiger partial charge in [0.05, 0.1) is 17.5 Å². The molecular formula is C18H18N2O2. The number of hydrogen-bond donors (Lipinski definition) is 1. The van der Waals surface area contributed by atoms with Gasteiger partial charge in [-0.15, -0.1) is 0 Å². The smallest absolute Gasteiger partial charge is 0.307 e. The monoisotopic (exact) mass is 294 g/mol. The molecule has 1 aromatic heterocycles. The zero-order chi connectivity index (χ0) is 15.7. The van der Waals surface area contributed by atoms with Crippen LogP contribution in [-0.4, -0.2) is 20.6 Å². The Kier molecular flexibility index (Phi) is 3.67. The maximum absolute atomic E-state index is 10.9. The summed E-state index contributed by atoms with van der Waals surface area (Å²) in [5.74, 6) is 0.108. The summed E-state index contributed by atoms with van der Waals surface area (Å²) in [7, 11) is 0. The average molecular weight is 294 g/mol. The van der Waals surface area contributed by atoms with Gasteiger partial charge in [-0.1, -0.05) is 30.3 Å². The summed E-state index contributed by atoms with van der Waals surface area (Å²) in [5, 5.41) is 8.93. The summed E-state index contributed by atoms with van der Waals surface area (Å²) < 4.78 is 2.17. The van der Waals surface area contributed by atoms with Gasteiger partial charge in [-0.3, -0.25) is 4.79 Å². The third-order valence-corrected chi connectivity index (χ3v) is 3.87. The number of imidazole rings is 1. The number of carboxylic acids is 1. The van der Waals surface area contributed by atoms with Crippen LogP contribution in [0.1, 0.15) is 18.1 Å². The van der Waals surface area contributed by atoms with Crippen LogP contribution < -0.4 is 0 Å². The minimum absolute atomic E-state index is 0.0224. The van der Waals surface area contributed by atoms with E-state index in [0.29, 0.717) is 0 Å². The summed E-state index contributed by atoms with van der Waals surface area (Å²) in [4.78, 5) is 15.6. The zero-order valence-corrected chi connectivity index (χ0v) is 12.7. The SMILES string of the molecule is CCn1c(-c2ccccc2C)nc2cc(CC(=O)O)ccc21. The molecule has 1 heterocycles. The van der Waals surface area contributed by atoms with Gasteiger partial charge in [-0.2, -0.15) is 0 Å². The van der Waals surface area contributed by atoms with Crippen molar-refractivity contribution in [1.82, 2.24) is 9.55 Å². The number of benzene rings is 2. The molecule has 0 saturated heterocycles. The lowest BCUT2D eigenvalue weighted by Crippen LogP contribution is -2.00. The van der Waals surface area contributed by atoms with Gasteiger partial charge in [-0.25, -0.2) is 4.98 Å². The molecule has 0 radical (unpaired) electrons. The first-order valence-electron chi connectivity index (χ1n) is 7.37. The van der Waals surface area contributed by atoms with Crippen molar-refractivity contribution in [3.05, 3.63) is 53.6 Å². The number of aliphatic carboxylic acids is 1. The van der Waals surface area contributed by atoms with Gasteiger partial charge in [0.25, 0.3) is 0 Å². The fraction of sp³-hybridized carbons (Fsp3) is 0.222. The van der Waals surface area contributed by atoms with Gasteiger partial charge in [0.15, 0.2) is 0 Å². The largest absolute Gasteiger partial charge is 0.481 e. The van der Waals surface area contributed by atoms with Crippen molar-refractivity contribution in [3.8, 4) is 11.4 Å². The molecule has 0 spiro atoms.